The number of urea groups is 1. The number of hydrogen-bond acceptors (Lipinski definition) is 2. The molecule has 5 heteroatoms. The Morgan fingerprint density at radius 3 is 1.41 bits per heavy atom. The van der Waals surface area contributed by atoms with E-state index >= 15 is 0 Å². The molecule has 4 aromatic carbocycles. The van der Waals surface area contributed by atoms with E-state index in [-0.39, 0.29) is 11.9 Å². The summed E-state index contributed by atoms with van der Waals surface area (Å²) in [6.07, 6.45) is 0. The molecule has 1 unspecified atom stereocenters. The van der Waals surface area contributed by atoms with E-state index in [0.29, 0.717) is 6.54 Å². The molecule has 5 rings (SSSR count). The van der Waals surface area contributed by atoms with Crippen LogP contribution >= 0.6 is 0 Å². The minimum atomic E-state index is -3.23. The Hall–Kier alpha value is -3.96. The normalized spacial score (nSPS) is 16.2. The van der Waals surface area contributed by atoms with E-state index in [0.717, 1.165) is 21.1 Å². The van der Waals surface area contributed by atoms with Gasteiger partial charge in [-0.25, -0.2) is 4.79 Å². The molecule has 4 nitrogen and oxygen atoms in total. The van der Waals surface area contributed by atoms with Gasteiger partial charge in [-0.1, -0.05) is 121 Å². The Bertz CT molecular complexity index is 1180. The topological polar surface area (TPSA) is 40.6 Å². The van der Waals surface area contributed by atoms with Crippen molar-refractivity contribution in [3.05, 3.63) is 127 Å². The van der Waals surface area contributed by atoms with Gasteiger partial charge in [0.05, 0.1) is 0 Å². The van der Waals surface area contributed by atoms with Crippen molar-refractivity contribution in [3.8, 4) is 0 Å². The van der Waals surface area contributed by atoms with Crippen molar-refractivity contribution in [2.45, 2.75) is 19.5 Å². The zero-order valence-electron chi connectivity index (χ0n) is 19.0. The SMILES string of the molecule is CC1C(=O)N([Si](c2ccccc2)(c2ccccc2)c2ccccc2)C(=O)N1Cc1ccccc1. The summed E-state index contributed by atoms with van der Waals surface area (Å²) >= 11 is 0. The summed E-state index contributed by atoms with van der Waals surface area (Å²) in [5.41, 5.74) is 1.00. The molecule has 0 aromatic heterocycles. The van der Waals surface area contributed by atoms with Crippen LogP contribution in [0.1, 0.15) is 12.5 Å². The van der Waals surface area contributed by atoms with Crippen molar-refractivity contribution < 1.29 is 9.59 Å². The van der Waals surface area contributed by atoms with Gasteiger partial charge >= 0.3 is 6.03 Å². The number of benzene rings is 4. The van der Waals surface area contributed by atoms with Crippen LogP contribution in [0.25, 0.3) is 0 Å². The zero-order chi connectivity index (χ0) is 23.5. The van der Waals surface area contributed by atoms with E-state index in [4.69, 9.17) is 0 Å². The van der Waals surface area contributed by atoms with Gasteiger partial charge in [0.2, 0.25) is 5.91 Å². The van der Waals surface area contributed by atoms with Crippen molar-refractivity contribution in [1.29, 1.82) is 0 Å². The molecule has 0 saturated carbocycles. The number of carbonyl (C=O) groups is 2. The summed E-state index contributed by atoms with van der Waals surface area (Å²) in [7, 11) is -3.23. The molecule has 1 fully saturated rings. The molecular weight excluding hydrogens is 436 g/mol. The smallest absolute Gasteiger partial charge is 0.309 e. The number of hydrogen-bond donors (Lipinski definition) is 0. The molecule has 3 amide bonds. The maximum atomic E-state index is 14.2. The molecule has 1 saturated heterocycles. The van der Waals surface area contributed by atoms with Gasteiger partial charge in [-0.2, -0.15) is 0 Å². The van der Waals surface area contributed by atoms with Crippen molar-refractivity contribution in [2.75, 3.05) is 0 Å². The first-order chi connectivity index (χ1) is 16.6. The summed E-state index contributed by atoms with van der Waals surface area (Å²) in [5, 5.41) is 3.01. The molecule has 0 bridgehead atoms. The molecule has 1 atom stereocenters. The standard InChI is InChI=1S/C29H26N2O2Si/c1-23-28(32)31(29(33)30(23)22-24-14-6-2-7-15-24)34(25-16-8-3-9-17-25,26-18-10-4-11-19-26)27-20-12-5-13-21-27/h2-21,23H,22H2,1H3. The summed E-state index contributed by atoms with van der Waals surface area (Å²) in [5.74, 6) is -0.149. The Labute approximate surface area is 201 Å². The van der Waals surface area contributed by atoms with Crippen LogP contribution in [0.4, 0.5) is 4.79 Å². The van der Waals surface area contributed by atoms with Crippen LogP contribution in [0.3, 0.4) is 0 Å². The van der Waals surface area contributed by atoms with Crippen LogP contribution in [0.2, 0.25) is 0 Å². The maximum absolute atomic E-state index is 14.2. The van der Waals surface area contributed by atoms with E-state index in [9.17, 15) is 9.59 Å². The van der Waals surface area contributed by atoms with E-state index in [1.165, 1.54) is 0 Å². The van der Waals surface area contributed by atoms with E-state index in [1.54, 1.807) is 9.47 Å². The van der Waals surface area contributed by atoms with Crippen molar-refractivity contribution in [2.24, 2.45) is 0 Å². The molecule has 0 aliphatic carbocycles. The Balaban J connectivity index is 1.74. The quantitative estimate of drug-likeness (QED) is 0.250. The second-order valence-corrected chi connectivity index (χ2v) is 12.2. The lowest BCUT2D eigenvalue weighted by atomic mass is 10.2. The number of imide groups is 1. The van der Waals surface area contributed by atoms with Gasteiger partial charge in [-0.05, 0) is 28.0 Å². The molecule has 4 aromatic rings. The predicted octanol–water partition coefficient (Wildman–Crippen LogP) is 3.51. The molecular formula is C29H26N2O2Si. The highest BCUT2D eigenvalue weighted by Crippen LogP contribution is 2.26. The molecule has 0 spiro atoms. The average Bonchev–Trinajstić information content (AvgIpc) is 3.11. The maximum Gasteiger partial charge on any atom is 0.320 e. The van der Waals surface area contributed by atoms with Crippen LogP contribution in [0.15, 0.2) is 121 Å². The van der Waals surface area contributed by atoms with Gasteiger partial charge in [-0.15, -0.1) is 0 Å². The van der Waals surface area contributed by atoms with E-state index in [1.807, 2.05) is 91.9 Å². The van der Waals surface area contributed by atoms with Gasteiger partial charge in [0.25, 0.3) is 8.24 Å². The Morgan fingerprint density at radius 1 is 0.618 bits per heavy atom. The minimum absolute atomic E-state index is 0.149. The number of rotatable bonds is 6. The largest absolute Gasteiger partial charge is 0.320 e. The predicted molar refractivity (Wildman–Crippen MR) is 138 cm³/mol. The third-order valence-corrected chi connectivity index (χ3v) is 11.2. The molecule has 1 aliphatic heterocycles. The highest BCUT2D eigenvalue weighted by Gasteiger charge is 2.57. The molecule has 34 heavy (non-hydrogen) atoms. The number of amides is 3. The Kier molecular flexibility index (Phi) is 5.86. The molecule has 0 radical (unpaired) electrons. The van der Waals surface area contributed by atoms with Gasteiger partial charge in [0, 0.05) is 6.54 Å². The first-order valence-electron chi connectivity index (χ1n) is 11.5. The fraction of sp³-hybridized carbons (Fsp3) is 0.103. The van der Waals surface area contributed by atoms with Crippen molar-refractivity contribution in [3.63, 3.8) is 0 Å². The van der Waals surface area contributed by atoms with Crippen molar-refractivity contribution in [1.82, 2.24) is 9.47 Å². The lowest BCUT2D eigenvalue weighted by Crippen LogP contribution is -2.78. The molecule has 168 valence electrons. The average molecular weight is 463 g/mol. The van der Waals surface area contributed by atoms with Crippen LogP contribution in [0.5, 0.6) is 0 Å². The third-order valence-electron chi connectivity index (χ3n) is 6.59. The fourth-order valence-corrected chi connectivity index (χ4v) is 9.66. The lowest BCUT2D eigenvalue weighted by Gasteiger charge is -2.39. The van der Waals surface area contributed by atoms with Crippen LogP contribution in [0, 0.1) is 0 Å². The van der Waals surface area contributed by atoms with E-state index in [2.05, 4.69) is 36.4 Å². The van der Waals surface area contributed by atoms with Gasteiger partial charge in [0.15, 0.2) is 0 Å². The highest BCUT2D eigenvalue weighted by atomic mass is 28.3. The van der Waals surface area contributed by atoms with Crippen LogP contribution < -0.4 is 15.6 Å². The molecule has 1 aliphatic rings. The second-order valence-electron chi connectivity index (χ2n) is 8.55. The summed E-state index contributed by atoms with van der Waals surface area (Å²) in [6, 6.07) is 39.2. The highest BCUT2D eigenvalue weighted by molar-refractivity contribution is 7.11. The summed E-state index contributed by atoms with van der Waals surface area (Å²) < 4.78 is 1.61. The summed E-state index contributed by atoms with van der Waals surface area (Å²) in [6.45, 7) is 2.23. The van der Waals surface area contributed by atoms with Gasteiger partial charge in [-0.3, -0.25) is 9.36 Å². The minimum Gasteiger partial charge on any atom is -0.309 e. The third kappa shape index (κ3) is 3.54. The van der Waals surface area contributed by atoms with Crippen LogP contribution in [-0.2, 0) is 11.3 Å². The molecule has 1 heterocycles. The van der Waals surface area contributed by atoms with E-state index < -0.39 is 14.3 Å². The van der Waals surface area contributed by atoms with Crippen LogP contribution in [-0.4, -0.2) is 35.7 Å². The van der Waals surface area contributed by atoms with Gasteiger partial charge < -0.3 is 4.90 Å². The Morgan fingerprint density at radius 2 is 1.00 bits per heavy atom. The monoisotopic (exact) mass is 462 g/mol. The second kappa shape index (κ2) is 9.12. The number of carbonyl (C=O) groups excluding carboxylic acids is 2. The van der Waals surface area contributed by atoms with Gasteiger partial charge in [0.1, 0.15) is 6.04 Å². The number of nitrogens with zero attached hydrogens (tertiary/aromatic N) is 2. The summed E-state index contributed by atoms with van der Waals surface area (Å²) in [4.78, 5) is 29.8. The molecule has 0 N–H and O–H groups in total. The van der Waals surface area contributed by atoms with Crippen molar-refractivity contribution >= 4 is 35.7 Å². The lowest BCUT2D eigenvalue weighted by molar-refractivity contribution is -0.125. The first kappa shape index (κ1) is 21.9. The fourth-order valence-electron chi connectivity index (χ4n) is 4.93. The zero-order valence-corrected chi connectivity index (χ0v) is 20.0. The first-order valence-corrected chi connectivity index (χ1v) is 13.4.